The molecule has 2 aliphatic heterocycles. The number of nitrogens with zero attached hydrogens (tertiary/aromatic N) is 3. The maximum absolute atomic E-state index is 13.6. The molecular formula is C25H33N3O3. The molecule has 6 nitrogen and oxygen atoms in total. The number of piperidine rings is 1. The van der Waals surface area contributed by atoms with Gasteiger partial charge in [0.05, 0.1) is 17.7 Å². The zero-order chi connectivity index (χ0) is 22.0. The topological polar surface area (TPSA) is 65.9 Å². The van der Waals surface area contributed by atoms with Gasteiger partial charge in [-0.15, -0.1) is 0 Å². The number of anilines is 1. The first kappa shape index (κ1) is 21.6. The van der Waals surface area contributed by atoms with Crippen LogP contribution in [0.2, 0.25) is 0 Å². The van der Waals surface area contributed by atoms with E-state index in [0.29, 0.717) is 18.0 Å². The van der Waals surface area contributed by atoms with Gasteiger partial charge in [0, 0.05) is 36.6 Å². The molecule has 0 bridgehead atoms. The van der Waals surface area contributed by atoms with Crippen LogP contribution in [0, 0.1) is 0 Å². The van der Waals surface area contributed by atoms with E-state index in [-0.39, 0.29) is 18.1 Å². The van der Waals surface area contributed by atoms with E-state index in [1.165, 1.54) is 12.8 Å². The summed E-state index contributed by atoms with van der Waals surface area (Å²) in [4.78, 5) is 22.2. The Morgan fingerprint density at radius 3 is 2.61 bits per heavy atom. The van der Waals surface area contributed by atoms with Gasteiger partial charge in [0.25, 0.3) is 5.91 Å². The molecule has 1 N–H and O–H groups in total. The van der Waals surface area contributed by atoms with Gasteiger partial charge in [-0.05, 0) is 70.7 Å². The summed E-state index contributed by atoms with van der Waals surface area (Å²) in [6, 6.07) is 11.7. The Labute approximate surface area is 184 Å². The van der Waals surface area contributed by atoms with E-state index in [9.17, 15) is 9.90 Å². The predicted molar refractivity (Wildman–Crippen MR) is 122 cm³/mol. The van der Waals surface area contributed by atoms with Crippen molar-refractivity contribution in [1.29, 1.82) is 0 Å². The van der Waals surface area contributed by atoms with Crippen LogP contribution in [-0.2, 0) is 5.60 Å². The third-order valence-corrected chi connectivity index (χ3v) is 6.39. The number of pyridine rings is 1. The molecule has 0 saturated carbocycles. The normalized spacial score (nSPS) is 21.9. The second-order valence-electron chi connectivity index (χ2n) is 9.25. The highest BCUT2D eigenvalue weighted by atomic mass is 16.5. The number of hydrogen-bond donors (Lipinski definition) is 1. The highest BCUT2D eigenvalue weighted by Gasteiger charge is 2.33. The van der Waals surface area contributed by atoms with Crippen molar-refractivity contribution in [2.24, 2.45) is 0 Å². The number of aliphatic hydroxyl groups is 1. The summed E-state index contributed by atoms with van der Waals surface area (Å²) >= 11 is 0. The molecule has 166 valence electrons. The van der Waals surface area contributed by atoms with E-state index in [0.717, 1.165) is 37.2 Å². The first-order chi connectivity index (χ1) is 14.8. The molecule has 31 heavy (non-hydrogen) atoms. The molecule has 2 aromatic rings. The molecule has 6 heteroatoms. The van der Waals surface area contributed by atoms with Gasteiger partial charge in [0.2, 0.25) is 5.88 Å². The second-order valence-corrected chi connectivity index (χ2v) is 9.25. The minimum Gasteiger partial charge on any atom is -0.472 e. The van der Waals surface area contributed by atoms with Crippen molar-refractivity contribution in [3.8, 4) is 5.88 Å². The van der Waals surface area contributed by atoms with Gasteiger partial charge in [-0.25, -0.2) is 4.98 Å². The molecule has 3 heterocycles. The summed E-state index contributed by atoms with van der Waals surface area (Å²) < 4.78 is 6.23. The van der Waals surface area contributed by atoms with Crippen molar-refractivity contribution in [2.75, 3.05) is 24.5 Å². The Hall–Kier alpha value is -2.60. The molecule has 1 aromatic heterocycles. The fraction of sp³-hybridized carbons (Fsp3) is 0.520. The molecular weight excluding hydrogens is 390 g/mol. The number of likely N-dealkylation sites (tertiary alicyclic amines) is 1. The van der Waals surface area contributed by atoms with Gasteiger partial charge in [-0.3, -0.25) is 4.79 Å². The van der Waals surface area contributed by atoms with E-state index in [1.807, 2.05) is 29.2 Å². The summed E-state index contributed by atoms with van der Waals surface area (Å²) in [5.74, 6) is 0.506. The molecule has 0 spiro atoms. The van der Waals surface area contributed by atoms with Crippen molar-refractivity contribution >= 4 is 11.6 Å². The number of amides is 1. The number of aromatic nitrogens is 1. The monoisotopic (exact) mass is 423 g/mol. The predicted octanol–water partition coefficient (Wildman–Crippen LogP) is 3.98. The van der Waals surface area contributed by atoms with Crippen molar-refractivity contribution in [3.05, 3.63) is 53.7 Å². The minimum absolute atomic E-state index is 0.0621. The number of ether oxygens (including phenoxy) is 1. The molecule has 2 saturated heterocycles. The van der Waals surface area contributed by atoms with E-state index >= 15 is 0 Å². The number of benzene rings is 1. The number of carbonyl (C=O) groups excluding carboxylic acids is 1. The summed E-state index contributed by atoms with van der Waals surface area (Å²) in [6.07, 6.45) is 5.58. The van der Waals surface area contributed by atoms with Crippen LogP contribution in [0.15, 0.2) is 42.6 Å². The molecule has 1 amide bonds. The molecule has 2 atom stereocenters. The third kappa shape index (κ3) is 4.69. The Balaban J connectivity index is 1.54. The number of para-hydroxylation sites is 1. The maximum Gasteiger partial charge on any atom is 0.256 e. The van der Waals surface area contributed by atoms with Crippen LogP contribution in [0.25, 0.3) is 0 Å². The lowest BCUT2D eigenvalue weighted by Gasteiger charge is -2.38. The van der Waals surface area contributed by atoms with E-state index in [2.05, 4.69) is 22.9 Å². The van der Waals surface area contributed by atoms with Gasteiger partial charge in [-0.2, -0.15) is 0 Å². The Morgan fingerprint density at radius 1 is 1.13 bits per heavy atom. The van der Waals surface area contributed by atoms with Gasteiger partial charge in [-0.1, -0.05) is 12.1 Å². The average molecular weight is 424 g/mol. The number of hydrogen-bond acceptors (Lipinski definition) is 5. The van der Waals surface area contributed by atoms with Crippen molar-refractivity contribution < 1.29 is 14.6 Å². The fourth-order valence-corrected chi connectivity index (χ4v) is 4.60. The van der Waals surface area contributed by atoms with Crippen LogP contribution in [-0.4, -0.2) is 52.7 Å². The first-order valence-corrected chi connectivity index (χ1v) is 11.3. The molecule has 0 radical (unpaired) electrons. The summed E-state index contributed by atoms with van der Waals surface area (Å²) in [5.41, 5.74) is 1.42. The Kier molecular flexibility index (Phi) is 6.19. The van der Waals surface area contributed by atoms with Gasteiger partial charge in [0.1, 0.15) is 6.10 Å². The first-order valence-electron chi connectivity index (χ1n) is 11.3. The zero-order valence-corrected chi connectivity index (χ0v) is 18.8. The molecule has 1 aromatic carbocycles. The Bertz CT molecular complexity index is 918. The van der Waals surface area contributed by atoms with Crippen LogP contribution < -0.4 is 9.64 Å². The van der Waals surface area contributed by atoms with E-state index < -0.39 is 5.60 Å². The third-order valence-electron chi connectivity index (χ3n) is 6.39. The smallest absolute Gasteiger partial charge is 0.256 e. The average Bonchev–Trinajstić information content (AvgIpc) is 3.29. The molecule has 0 aliphatic carbocycles. The minimum atomic E-state index is -1.05. The molecule has 2 fully saturated rings. The quantitative estimate of drug-likeness (QED) is 0.788. The SMILES string of the molecule is C[C@@H]1CC[C@H](Oc2ncccc2C(C)(C)O)CN1C(=O)c1ccccc1N1CCCC1. The van der Waals surface area contributed by atoms with Gasteiger partial charge >= 0.3 is 0 Å². The van der Waals surface area contributed by atoms with E-state index in [4.69, 9.17) is 4.74 Å². The van der Waals surface area contributed by atoms with Crippen molar-refractivity contribution in [3.63, 3.8) is 0 Å². The van der Waals surface area contributed by atoms with Gasteiger partial charge < -0.3 is 19.6 Å². The summed E-state index contributed by atoms with van der Waals surface area (Å²) in [6.45, 7) is 8.08. The number of carbonyl (C=O) groups is 1. The Morgan fingerprint density at radius 2 is 1.87 bits per heavy atom. The van der Waals surface area contributed by atoms with Crippen LogP contribution in [0.1, 0.15) is 62.4 Å². The van der Waals surface area contributed by atoms with Crippen molar-refractivity contribution in [2.45, 2.75) is 64.2 Å². The second kappa shape index (κ2) is 8.87. The van der Waals surface area contributed by atoms with Crippen molar-refractivity contribution in [1.82, 2.24) is 9.88 Å². The van der Waals surface area contributed by atoms with Crippen LogP contribution in [0.5, 0.6) is 5.88 Å². The summed E-state index contributed by atoms with van der Waals surface area (Å²) in [7, 11) is 0. The van der Waals surface area contributed by atoms with Gasteiger partial charge in [0.15, 0.2) is 0 Å². The summed E-state index contributed by atoms with van der Waals surface area (Å²) in [5, 5.41) is 10.5. The molecule has 4 rings (SSSR count). The molecule has 2 aliphatic rings. The lowest BCUT2D eigenvalue weighted by atomic mass is 9.98. The maximum atomic E-state index is 13.6. The van der Waals surface area contributed by atoms with E-state index in [1.54, 1.807) is 26.1 Å². The largest absolute Gasteiger partial charge is 0.472 e. The lowest BCUT2D eigenvalue weighted by molar-refractivity contribution is 0.0326. The highest BCUT2D eigenvalue weighted by Crippen LogP contribution is 2.31. The fourth-order valence-electron chi connectivity index (χ4n) is 4.60. The van der Waals surface area contributed by atoms with Crippen LogP contribution >= 0.6 is 0 Å². The van der Waals surface area contributed by atoms with Crippen LogP contribution in [0.3, 0.4) is 0 Å². The zero-order valence-electron chi connectivity index (χ0n) is 18.8. The highest BCUT2D eigenvalue weighted by molar-refractivity contribution is 6.00. The number of rotatable bonds is 5. The molecule has 0 unspecified atom stereocenters. The standard InChI is InChI=1S/C25H33N3O3/c1-18-12-13-19(31-23-21(25(2,3)30)10-8-14-26-23)17-28(18)24(29)20-9-4-5-11-22(20)27-15-6-7-16-27/h4-5,8-11,14,18-19,30H,6-7,12-13,15-17H2,1-3H3/t18-,19+/m1/s1. The van der Waals surface area contributed by atoms with Crippen LogP contribution in [0.4, 0.5) is 5.69 Å². The lowest BCUT2D eigenvalue weighted by Crippen LogP contribution is -2.49.